The normalized spacial score (nSPS) is 12.8. The summed E-state index contributed by atoms with van der Waals surface area (Å²) < 4.78 is 1.82. The molecule has 0 saturated carbocycles. The minimum absolute atomic E-state index is 0.149. The Morgan fingerprint density at radius 1 is 1.50 bits per heavy atom. The maximum Gasteiger partial charge on any atom is 0.253 e. The summed E-state index contributed by atoms with van der Waals surface area (Å²) >= 11 is 0. The van der Waals surface area contributed by atoms with Crippen LogP contribution in [0.5, 0.6) is 0 Å². The highest BCUT2D eigenvalue weighted by Crippen LogP contribution is 2.06. The van der Waals surface area contributed by atoms with Crippen molar-refractivity contribution < 1.29 is 0 Å². The van der Waals surface area contributed by atoms with Crippen molar-refractivity contribution in [2.24, 2.45) is 5.92 Å². The molecule has 1 atom stereocenters. The Morgan fingerprint density at radius 2 is 2.21 bits per heavy atom. The van der Waals surface area contributed by atoms with E-state index in [1.807, 2.05) is 29.8 Å². The fourth-order valence-electron chi connectivity index (χ4n) is 1.72. The van der Waals surface area contributed by atoms with E-state index in [2.05, 4.69) is 13.8 Å². The van der Waals surface area contributed by atoms with Crippen molar-refractivity contribution in [3.05, 3.63) is 34.2 Å². The molecule has 2 heteroatoms. The van der Waals surface area contributed by atoms with E-state index in [1.54, 1.807) is 0 Å². The number of pyridine rings is 1. The van der Waals surface area contributed by atoms with Crippen molar-refractivity contribution >= 4 is 0 Å². The molecular weight excluding hydrogens is 174 g/mol. The predicted octanol–water partition coefficient (Wildman–Crippen LogP) is 2.59. The number of hydrogen-bond donors (Lipinski definition) is 0. The zero-order chi connectivity index (χ0) is 10.6. The molecule has 78 valence electrons. The fourth-order valence-corrected chi connectivity index (χ4v) is 1.72. The first-order chi connectivity index (χ1) is 6.65. The number of aryl methyl sites for hydroxylation is 1. The van der Waals surface area contributed by atoms with E-state index in [1.165, 1.54) is 12.8 Å². The Morgan fingerprint density at radius 3 is 2.86 bits per heavy atom. The standard InChI is InChI=1S/C12H19NO/c1-4-6-10(2)9-13-8-5-7-11(3)12(13)14/h5,7-8,10H,4,6,9H2,1-3H3. The van der Waals surface area contributed by atoms with Crippen molar-refractivity contribution in [1.82, 2.24) is 4.57 Å². The van der Waals surface area contributed by atoms with Crippen LogP contribution >= 0.6 is 0 Å². The Hall–Kier alpha value is -1.05. The molecule has 0 bridgehead atoms. The van der Waals surface area contributed by atoms with Crippen LogP contribution in [0, 0.1) is 12.8 Å². The van der Waals surface area contributed by atoms with Crippen molar-refractivity contribution in [3.8, 4) is 0 Å². The molecule has 1 unspecified atom stereocenters. The van der Waals surface area contributed by atoms with Gasteiger partial charge in [0.05, 0.1) is 0 Å². The minimum atomic E-state index is 0.149. The van der Waals surface area contributed by atoms with E-state index in [9.17, 15) is 4.79 Å². The number of aromatic nitrogens is 1. The second kappa shape index (κ2) is 4.99. The van der Waals surface area contributed by atoms with E-state index >= 15 is 0 Å². The van der Waals surface area contributed by atoms with Crippen LogP contribution in [0.25, 0.3) is 0 Å². The van der Waals surface area contributed by atoms with E-state index in [0.29, 0.717) is 5.92 Å². The average Bonchev–Trinajstić information content (AvgIpc) is 2.13. The molecule has 0 aliphatic rings. The van der Waals surface area contributed by atoms with Gasteiger partial charge in [0.15, 0.2) is 0 Å². The van der Waals surface area contributed by atoms with Crippen LogP contribution < -0.4 is 5.56 Å². The summed E-state index contributed by atoms with van der Waals surface area (Å²) in [7, 11) is 0. The van der Waals surface area contributed by atoms with Gasteiger partial charge >= 0.3 is 0 Å². The van der Waals surface area contributed by atoms with Crippen molar-refractivity contribution in [3.63, 3.8) is 0 Å². The van der Waals surface area contributed by atoms with Gasteiger partial charge in [0.25, 0.3) is 5.56 Å². The smallest absolute Gasteiger partial charge is 0.253 e. The van der Waals surface area contributed by atoms with Gasteiger partial charge in [-0.2, -0.15) is 0 Å². The molecule has 0 aliphatic carbocycles. The molecule has 0 aromatic carbocycles. The molecule has 0 aliphatic heterocycles. The van der Waals surface area contributed by atoms with Gasteiger partial charge in [-0.1, -0.05) is 26.3 Å². The quantitative estimate of drug-likeness (QED) is 0.720. The molecule has 1 aromatic heterocycles. The Labute approximate surface area is 85.6 Å². The summed E-state index contributed by atoms with van der Waals surface area (Å²) in [6.45, 7) is 7.07. The van der Waals surface area contributed by atoms with Gasteiger partial charge in [0.1, 0.15) is 0 Å². The van der Waals surface area contributed by atoms with Crippen LogP contribution in [0.15, 0.2) is 23.1 Å². The lowest BCUT2D eigenvalue weighted by Crippen LogP contribution is -2.23. The lowest BCUT2D eigenvalue weighted by Gasteiger charge is -2.12. The Kier molecular flexibility index (Phi) is 3.93. The van der Waals surface area contributed by atoms with E-state index in [4.69, 9.17) is 0 Å². The molecule has 0 N–H and O–H groups in total. The summed E-state index contributed by atoms with van der Waals surface area (Å²) in [6.07, 6.45) is 4.24. The molecule has 0 amide bonds. The molecule has 0 saturated heterocycles. The number of rotatable bonds is 4. The molecule has 2 nitrogen and oxygen atoms in total. The third kappa shape index (κ3) is 2.72. The van der Waals surface area contributed by atoms with Crippen LogP contribution in [-0.2, 0) is 6.54 Å². The number of nitrogens with zero attached hydrogens (tertiary/aromatic N) is 1. The third-order valence-electron chi connectivity index (χ3n) is 2.50. The van der Waals surface area contributed by atoms with Crippen molar-refractivity contribution in [2.75, 3.05) is 0 Å². The van der Waals surface area contributed by atoms with E-state index in [0.717, 1.165) is 12.1 Å². The summed E-state index contributed by atoms with van der Waals surface area (Å²) in [6, 6.07) is 3.80. The first kappa shape index (κ1) is 11.0. The van der Waals surface area contributed by atoms with Gasteiger partial charge in [0, 0.05) is 18.3 Å². The van der Waals surface area contributed by atoms with Gasteiger partial charge in [-0.05, 0) is 25.3 Å². The van der Waals surface area contributed by atoms with Gasteiger partial charge in [-0.15, -0.1) is 0 Å². The third-order valence-corrected chi connectivity index (χ3v) is 2.50. The number of hydrogen-bond acceptors (Lipinski definition) is 1. The highest BCUT2D eigenvalue weighted by molar-refractivity contribution is 5.07. The highest BCUT2D eigenvalue weighted by Gasteiger charge is 2.04. The molecule has 1 rings (SSSR count). The fraction of sp³-hybridized carbons (Fsp3) is 0.583. The summed E-state index contributed by atoms with van der Waals surface area (Å²) in [5, 5.41) is 0. The maximum absolute atomic E-state index is 11.7. The van der Waals surface area contributed by atoms with Gasteiger partial charge in [0.2, 0.25) is 0 Å². The van der Waals surface area contributed by atoms with Crippen LogP contribution in [-0.4, -0.2) is 4.57 Å². The largest absolute Gasteiger partial charge is 0.315 e. The Balaban J connectivity index is 2.77. The maximum atomic E-state index is 11.7. The zero-order valence-electron chi connectivity index (χ0n) is 9.29. The molecule has 1 heterocycles. The van der Waals surface area contributed by atoms with Gasteiger partial charge in [-0.3, -0.25) is 4.79 Å². The van der Waals surface area contributed by atoms with Crippen molar-refractivity contribution in [2.45, 2.75) is 40.2 Å². The van der Waals surface area contributed by atoms with Crippen LogP contribution in [0.3, 0.4) is 0 Å². The Bertz CT molecular complexity index is 340. The monoisotopic (exact) mass is 193 g/mol. The molecule has 0 radical (unpaired) electrons. The first-order valence-electron chi connectivity index (χ1n) is 5.31. The SMILES string of the molecule is CCCC(C)Cn1cccc(C)c1=O. The van der Waals surface area contributed by atoms with Gasteiger partial charge in [-0.25, -0.2) is 0 Å². The lowest BCUT2D eigenvalue weighted by molar-refractivity contribution is 0.437. The van der Waals surface area contributed by atoms with Crippen LogP contribution in [0.4, 0.5) is 0 Å². The van der Waals surface area contributed by atoms with Crippen molar-refractivity contribution in [1.29, 1.82) is 0 Å². The van der Waals surface area contributed by atoms with Crippen LogP contribution in [0.1, 0.15) is 32.3 Å². The topological polar surface area (TPSA) is 22.0 Å². The molecule has 0 fully saturated rings. The lowest BCUT2D eigenvalue weighted by atomic mass is 10.1. The van der Waals surface area contributed by atoms with E-state index < -0.39 is 0 Å². The zero-order valence-corrected chi connectivity index (χ0v) is 9.29. The second-order valence-electron chi connectivity index (χ2n) is 4.04. The molecule has 1 aromatic rings. The minimum Gasteiger partial charge on any atom is -0.315 e. The highest BCUT2D eigenvalue weighted by atomic mass is 16.1. The average molecular weight is 193 g/mol. The summed E-state index contributed by atoms with van der Waals surface area (Å²) in [4.78, 5) is 11.7. The predicted molar refractivity (Wildman–Crippen MR) is 59.5 cm³/mol. The van der Waals surface area contributed by atoms with Gasteiger partial charge < -0.3 is 4.57 Å². The molecule has 14 heavy (non-hydrogen) atoms. The second-order valence-corrected chi connectivity index (χ2v) is 4.04. The summed E-state index contributed by atoms with van der Waals surface area (Å²) in [5.74, 6) is 0.583. The molecule has 0 spiro atoms. The van der Waals surface area contributed by atoms with Crippen LogP contribution in [0.2, 0.25) is 0 Å². The first-order valence-corrected chi connectivity index (χ1v) is 5.31. The molecular formula is C12H19NO. The summed E-state index contributed by atoms with van der Waals surface area (Å²) in [5.41, 5.74) is 0.978. The van der Waals surface area contributed by atoms with E-state index in [-0.39, 0.29) is 5.56 Å².